The molecule has 4 N–H and O–H groups in total. The standard InChI is InChI=1S/C7H7N3O3/c8-9-7(11)5-3-1-2-4-6(5)10(12)13/h1-4H,8H2,(H,9,11)/p+1. The summed E-state index contributed by atoms with van der Waals surface area (Å²) < 4.78 is 0. The number of carbonyl (C=O) groups is 1. The lowest BCUT2D eigenvalue weighted by Gasteiger charge is -1.97. The van der Waals surface area contributed by atoms with Gasteiger partial charge >= 0.3 is 5.91 Å². The molecule has 0 aliphatic carbocycles. The predicted octanol–water partition coefficient (Wildman–Crippen LogP) is -0.518. The molecule has 13 heavy (non-hydrogen) atoms. The average molecular weight is 182 g/mol. The van der Waals surface area contributed by atoms with Crippen LogP contribution < -0.4 is 11.3 Å². The van der Waals surface area contributed by atoms with Crippen LogP contribution in [-0.4, -0.2) is 10.8 Å². The highest BCUT2D eigenvalue weighted by Crippen LogP contribution is 2.16. The number of nitrogens with one attached hydrogen (secondary N) is 1. The minimum absolute atomic E-state index is 0.0162. The number of quaternary nitrogens is 1. The van der Waals surface area contributed by atoms with Gasteiger partial charge in [0.05, 0.1) is 4.92 Å². The van der Waals surface area contributed by atoms with Gasteiger partial charge in [-0.25, -0.2) is 5.43 Å². The molecule has 0 bridgehead atoms. The Morgan fingerprint density at radius 1 is 1.46 bits per heavy atom. The van der Waals surface area contributed by atoms with Crippen LogP contribution in [0, 0.1) is 10.1 Å². The second-order valence-corrected chi connectivity index (χ2v) is 2.28. The van der Waals surface area contributed by atoms with E-state index < -0.39 is 10.8 Å². The molecular weight excluding hydrogens is 174 g/mol. The molecule has 0 saturated carbocycles. The lowest BCUT2D eigenvalue weighted by atomic mass is 10.2. The van der Waals surface area contributed by atoms with Crippen molar-refractivity contribution in [2.75, 3.05) is 0 Å². The fourth-order valence-electron chi connectivity index (χ4n) is 0.920. The van der Waals surface area contributed by atoms with Gasteiger partial charge in [-0.2, -0.15) is 0 Å². The first-order valence-electron chi connectivity index (χ1n) is 3.47. The number of nitro benzene ring substituents is 1. The molecule has 0 radical (unpaired) electrons. The topological polar surface area (TPSA) is 99.9 Å². The van der Waals surface area contributed by atoms with Gasteiger partial charge in [0, 0.05) is 6.07 Å². The summed E-state index contributed by atoms with van der Waals surface area (Å²) >= 11 is 0. The zero-order chi connectivity index (χ0) is 9.84. The minimum atomic E-state index is -0.607. The molecule has 0 heterocycles. The zero-order valence-electron chi connectivity index (χ0n) is 6.69. The lowest BCUT2D eigenvalue weighted by molar-refractivity contribution is -0.423. The van der Waals surface area contributed by atoms with Crippen LogP contribution in [0.2, 0.25) is 0 Å². The van der Waals surface area contributed by atoms with Gasteiger partial charge in [-0.3, -0.25) is 20.8 Å². The molecule has 1 amide bonds. The van der Waals surface area contributed by atoms with Gasteiger partial charge in [-0.05, 0) is 6.07 Å². The fraction of sp³-hybridized carbons (Fsp3) is 0. The first-order valence-corrected chi connectivity index (χ1v) is 3.47. The highest BCUT2D eigenvalue weighted by atomic mass is 16.6. The van der Waals surface area contributed by atoms with E-state index >= 15 is 0 Å². The van der Waals surface area contributed by atoms with E-state index in [1.54, 1.807) is 6.07 Å². The van der Waals surface area contributed by atoms with E-state index in [9.17, 15) is 14.9 Å². The van der Waals surface area contributed by atoms with E-state index in [0.29, 0.717) is 0 Å². The molecule has 0 saturated heterocycles. The molecule has 1 aromatic carbocycles. The maximum atomic E-state index is 11.1. The quantitative estimate of drug-likeness (QED) is 0.475. The minimum Gasteiger partial charge on any atom is -0.264 e. The third-order valence-electron chi connectivity index (χ3n) is 1.51. The Balaban J connectivity index is 3.19. The fourth-order valence-corrected chi connectivity index (χ4v) is 0.920. The van der Waals surface area contributed by atoms with Crippen molar-refractivity contribution >= 4 is 11.6 Å². The largest absolute Gasteiger partial charge is 0.302 e. The summed E-state index contributed by atoms with van der Waals surface area (Å²) in [5.74, 6) is 2.58. The molecule has 1 rings (SSSR count). The summed E-state index contributed by atoms with van der Waals surface area (Å²) in [6.07, 6.45) is 0. The van der Waals surface area contributed by atoms with Gasteiger partial charge < -0.3 is 0 Å². The van der Waals surface area contributed by atoms with E-state index in [-0.39, 0.29) is 11.3 Å². The number of para-hydroxylation sites is 1. The number of amides is 1. The Morgan fingerprint density at radius 2 is 2.08 bits per heavy atom. The Labute approximate surface area is 73.5 Å². The number of nitro groups is 1. The van der Waals surface area contributed by atoms with E-state index in [2.05, 4.69) is 11.3 Å². The van der Waals surface area contributed by atoms with Gasteiger partial charge in [-0.15, -0.1) is 0 Å². The molecule has 0 fully saturated rings. The summed E-state index contributed by atoms with van der Waals surface area (Å²) in [5, 5.41) is 10.4. The first-order chi connectivity index (χ1) is 6.16. The number of carbonyl (C=O) groups excluding carboxylic acids is 1. The number of hydrogen-bond donors (Lipinski definition) is 2. The SMILES string of the molecule is [NH3+]NC(=O)c1ccccc1[N+](=O)[O-]. The van der Waals surface area contributed by atoms with Crippen LogP contribution in [0.3, 0.4) is 0 Å². The van der Waals surface area contributed by atoms with Crippen LogP contribution >= 0.6 is 0 Å². The van der Waals surface area contributed by atoms with Crippen LogP contribution in [0.4, 0.5) is 5.69 Å². The Kier molecular flexibility index (Phi) is 2.56. The number of nitrogens with zero attached hydrogens (tertiary/aromatic N) is 1. The van der Waals surface area contributed by atoms with Crippen molar-refractivity contribution in [3.63, 3.8) is 0 Å². The van der Waals surface area contributed by atoms with Gasteiger partial charge in [-0.1, -0.05) is 12.1 Å². The summed E-state index contributed by atoms with van der Waals surface area (Å²) in [6.45, 7) is 0. The molecule has 0 atom stereocenters. The Bertz CT molecular complexity index is 351. The first kappa shape index (κ1) is 9.14. The van der Waals surface area contributed by atoms with Crippen molar-refractivity contribution in [1.82, 2.24) is 5.43 Å². The van der Waals surface area contributed by atoms with Crippen LogP contribution in [0.5, 0.6) is 0 Å². The van der Waals surface area contributed by atoms with Crippen molar-refractivity contribution in [3.05, 3.63) is 39.9 Å². The van der Waals surface area contributed by atoms with Crippen LogP contribution in [0.1, 0.15) is 10.4 Å². The molecule has 0 aliphatic rings. The summed E-state index contributed by atoms with van der Waals surface area (Å²) in [7, 11) is 0. The third kappa shape index (κ3) is 1.79. The summed E-state index contributed by atoms with van der Waals surface area (Å²) in [4.78, 5) is 20.9. The van der Waals surface area contributed by atoms with Crippen LogP contribution in [0.25, 0.3) is 0 Å². The molecule has 0 unspecified atom stereocenters. The third-order valence-corrected chi connectivity index (χ3v) is 1.51. The average Bonchev–Trinajstić information content (AvgIpc) is 2.16. The van der Waals surface area contributed by atoms with Crippen molar-refractivity contribution < 1.29 is 15.6 Å². The van der Waals surface area contributed by atoms with Gasteiger partial charge in [0.15, 0.2) is 0 Å². The molecule has 6 nitrogen and oxygen atoms in total. The molecule has 0 aliphatic heterocycles. The van der Waals surface area contributed by atoms with Gasteiger partial charge in [0.25, 0.3) is 5.69 Å². The number of rotatable bonds is 2. The second kappa shape index (κ2) is 3.63. The smallest absolute Gasteiger partial charge is 0.264 e. The summed E-state index contributed by atoms with van der Waals surface area (Å²) in [6, 6.07) is 5.69. The van der Waals surface area contributed by atoms with Crippen LogP contribution in [0.15, 0.2) is 24.3 Å². The Morgan fingerprint density at radius 3 is 2.62 bits per heavy atom. The zero-order valence-corrected chi connectivity index (χ0v) is 6.69. The summed E-state index contributed by atoms with van der Waals surface area (Å²) in [5.41, 5.74) is 1.88. The van der Waals surface area contributed by atoms with Gasteiger partial charge in [0.2, 0.25) is 0 Å². The van der Waals surface area contributed by atoms with E-state index in [4.69, 9.17) is 0 Å². The number of hydrogen-bond acceptors (Lipinski definition) is 3. The van der Waals surface area contributed by atoms with Crippen molar-refractivity contribution in [2.45, 2.75) is 0 Å². The number of benzene rings is 1. The normalized spacial score (nSPS) is 9.31. The highest BCUT2D eigenvalue weighted by molar-refractivity contribution is 5.97. The lowest BCUT2D eigenvalue weighted by Crippen LogP contribution is -2.67. The molecular formula is C7H8N3O3+. The van der Waals surface area contributed by atoms with Crippen molar-refractivity contribution in [2.24, 2.45) is 0 Å². The maximum Gasteiger partial charge on any atom is 0.302 e. The van der Waals surface area contributed by atoms with Crippen LogP contribution in [-0.2, 0) is 0 Å². The second-order valence-electron chi connectivity index (χ2n) is 2.28. The molecule has 68 valence electrons. The van der Waals surface area contributed by atoms with Crippen molar-refractivity contribution in [3.8, 4) is 0 Å². The van der Waals surface area contributed by atoms with E-state index in [1.807, 2.05) is 0 Å². The predicted molar refractivity (Wildman–Crippen MR) is 43.5 cm³/mol. The maximum absolute atomic E-state index is 11.1. The highest BCUT2D eigenvalue weighted by Gasteiger charge is 2.18. The van der Waals surface area contributed by atoms with Gasteiger partial charge in [0.1, 0.15) is 5.56 Å². The van der Waals surface area contributed by atoms with Crippen molar-refractivity contribution in [1.29, 1.82) is 0 Å². The molecule has 0 spiro atoms. The van der Waals surface area contributed by atoms with E-state index in [0.717, 1.165) is 0 Å². The monoisotopic (exact) mass is 182 g/mol. The van der Waals surface area contributed by atoms with E-state index in [1.165, 1.54) is 18.2 Å². The Hall–Kier alpha value is -1.95. The molecule has 0 aromatic heterocycles. The molecule has 1 aromatic rings. The molecule has 6 heteroatoms.